The van der Waals surface area contributed by atoms with E-state index in [-0.39, 0.29) is 0 Å². The van der Waals surface area contributed by atoms with Crippen LogP contribution in [0.3, 0.4) is 0 Å². The van der Waals surface area contributed by atoms with Gasteiger partial charge in [0.15, 0.2) is 0 Å². The normalized spacial score (nSPS) is 19.8. The number of hydrogen-bond donors (Lipinski definition) is 0. The van der Waals surface area contributed by atoms with Gasteiger partial charge in [-0.2, -0.15) is 0 Å². The van der Waals surface area contributed by atoms with Gasteiger partial charge in [-0.3, -0.25) is 0 Å². The molecule has 2 atom stereocenters. The number of rotatable bonds is 10. The minimum atomic E-state index is 0.864. The molecule has 3 rings (SSSR count). The van der Waals surface area contributed by atoms with Gasteiger partial charge < -0.3 is 0 Å². The predicted molar refractivity (Wildman–Crippen MR) is 109 cm³/mol. The third kappa shape index (κ3) is 5.88. The lowest BCUT2D eigenvalue weighted by Crippen LogP contribution is -1.96. The maximum atomic E-state index is 2.58. The zero-order chi connectivity index (χ0) is 17.3. The van der Waals surface area contributed by atoms with Crippen LogP contribution in [0.15, 0.2) is 72.3 Å². The van der Waals surface area contributed by atoms with Crippen LogP contribution in [-0.4, -0.2) is 0 Å². The number of allylic oxidation sites excluding steroid dienone is 2. The first-order valence-corrected chi connectivity index (χ1v) is 10.1. The molecule has 1 aliphatic carbocycles. The van der Waals surface area contributed by atoms with Crippen molar-refractivity contribution in [2.75, 3.05) is 0 Å². The van der Waals surface area contributed by atoms with E-state index < -0.39 is 0 Å². The first-order valence-electron chi connectivity index (χ1n) is 10.1. The molecule has 0 aromatic heterocycles. The first kappa shape index (κ1) is 18.0. The fourth-order valence-electron chi connectivity index (χ4n) is 3.91. The van der Waals surface area contributed by atoms with Gasteiger partial charge in [0.05, 0.1) is 0 Å². The van der Waals surface area contributed by atoms with E-state index in [9.17, 15) is 0 Å². The third-order valence-electron chi connectivity index (χ3n) is 5.50. The van der Waals surface area contributed by atoms with Crippen molar-refractivity contribution in [2.45, 2.75) is 58.3 Å². The van der Waals surface area contributed by atoms with E-state index in [2.05, 4.69) is 73.7 Å². The Balaban J connectivity index is 1.56. The second kappa shape index (κ2) is 9.61. The Kier molecular flexibility index (Phi) is 6.91. The summed E-state index contributed by atoms with van der Waals surface area (Å²) in [7, 11) is 0. The summed E-state index contributed by atoms with van der Waals surface area (Å²) in [6, 6.07) is 21.9. The van der Waals surface area contributed by atoms with E-state index in [0.717, 1.165) is 18.3 Å². The van der Waals surface area contributed by atoms with Crippen molar-refractivity contribution in [3.63, 3.8) is 0 Å². The average molecular weight is 333 g/mol. The van der Waals surface area contributed by atoms with Crippen LogP contribution in [0.5, 0.6) is 0 Å². The van der Waals surface area contributed by atoms with Gasteiger partial charge in [0, 0.05) is 0 Å². The zero-order valence-electron chi connectivity index (χ0n) is 15.7. The highest BCUT2D eigenvalue weighted by Gasteiger charge is 2.38. The van der Waals surface area contributed by atoms with Crippen molar-refractivity contribution in [1.29, 1.82) is 0 Å². The van der Waals surface area contributed by atoms with Gasteiger partial charge in [0.2, 0.25) is 0 Å². The van der Waals surface area contributed by atoms with E-state index in [0.29, 0.717) is 0 Å². The lowest BCUT2D eigenvalue weighted by molar-refractivity contribution is 0.622. The molecule has 0 spiro atoms. The molecule has 2 aromatic rings. The predicted octanol–water partition coefficient (Wildman–Crippen LogP) is 7.00. The minimum absolute atomic E-state index is 0.864. The fourth-order valence-corrected chi connectivity index (χ4v) is 3.91. The molecule has 2 aromatic carbocycles. The van der Waals surface area contributed by atoms with Gasteiger partial charge in [0.1, 0.15) is 0 Å². The molecule has 0 heteroatoms. The lowest BCUT2D eigenvalue weighted by Gasteiger charge is -2.09. The van der Waals surface area contributed by atoms with E-state index in [4.69, 9.17) is 0 Å². The largest absolute Gasteiger partial charge is 0.0847 e. The molecule has 25 heavy (non-hydrogen) atoms. The maximum absolute atomic E-state index is 2.58. The molecule has 1 fully saturated rings. The smallest absolute Gasteiger partial charge is 0.00642 e. The van der Waals surface area contributed by atoms with Gasteiger partial charge >= 0.3 is 0 Å². The Morgan fingerprint density at radius 1 is 0.920 bits per heavy atom. The molecule has 0 saturated heterocycles. The quantitative estimate of drug-likeness (QED) is 0.324. The summed E-state index contributed by atoms with van der Waals surface area (Å²) in [6.07, 6.45) is 13.0. The fraction of sp³-hybridized carbons (Fsp3) is 0.440. The van der Waals surface area contributed by atoms with Crippen molar-refractivity contribution in [3.8, 4) is 0 Å². The van der Waals surface area contributed by atoms with Crippen LogP contribution in [0.1, 0.15) is 56.6 Å². The molecule has 0 radical (unpaired) electrons. The molecule has 2 unspecified atom stereocenters. The van der Waals surface area contributed by atoms with Crippen LogP contribution in [0.2, 0.25) is 0 Å². The Morgan fingerprint density at radius 3 is 2.28 bits per heavy atom. The van der Waals surface area contributed by atoms with Crippen molar-refractivity contribution in [3.05, 3.63) is 83.4 Å². The van der Waals surface area contributed by atoms with Gasteiger partial charge in [0.25, 0.3) is 0 Å². The Labute approximate surface area is 154 Å². The lowest BCUT2D eigenvalue weighted by atomic mass is 9.97. The van der Waals surface area contributed by atoms with Crippen molar-refractivity contribution in [2.24, 2.45) is 11.8 Å². The molecule has 0 aliphatic heterocycles. The van der Waals surface area contributed by atoms with Crippen molar-refractivity contribution < 1.29 is 0 Å². The van der Waals surface area contributed by atoms with E-state index >= 15 is 0 Å². The van der Waals surface area contributed by atoms with Crippen molar-refractivity contribution >= 4 is 0 Å². The summed E-state index contributed by atoms with van der Waals surface area (Å²) >= 11 is 0. The highest BCUT2D eigenvalue weighted by atomic mass is 14.4. The molecule has 132 valence electrons. The first-order chi connectivity index (χ1) is 12.4. The maximum Gasteiger partial charge on any atom is -0.00642 e. The minimum Gasteiger partial charge on any atom is -0.0847 e. The van der Waals surface area contributed by atoms with Crippen LogP contribution in [0, 0.1) is 11.8 Å². The second-order valence-corrected chi connectivity index (χ2v) is 7.56. The molecular formula is C25H32. The van der Waals surface area contributed by atoms with Crippen molar-refractivity contribution in [1.82, 2.24) is 0 Å². The molecule has 1 saturated carbocycles. The van der Waals surface area contributed by atoms with Gasteiger partial charge in [-0.15, -0.1) is 0 Å². The molecular weight excluding hydrogens is 300 g/mol. The standard InChI is InChI=1S/C25H32/c1-2-3-17-24-20-25(24)23(19-22-15-8-5-9-16-22)18-11-10-14-21-12-6-4-7-13-21/h4-9,12-13,15-16,18,24-25H,2-3,10-11,14,17,19-20H2,1H3/b23-18+. The number of aryl methyl sites for hydroxylation is 1. The zero-order valence-corrected chi connectivity index (χ0v) is 15.7. The Hall–Kier alpha value is -1.82. The van der Waals surface area contributed by atoms with E-state index in [1.54, 1.807) is 5.57 Å². The van der Waals surface area contributed by atoms with Gasteiger partial charge in [-0.25, -0.2) is 0 Å². The molecule has 0 nitrogen and oxygen atoms in total. The highest BCUT2D eigenvalue weighted by Crippen LogP contribution is 2.48. The summed E-state index contributed by atoms with van der Waals surface area (Å²) in [6.45, 7) is 2.31. The number of hydrogen-bond acceptors (Lipinski definition) is 0. The Morgan fingerprint density at radius 2 is 1.60 bits per heavy atom. The Bertz CT molecular complexity index is 638. The second-order valence-electron chi connectivity index (χ2n) is 7.56. The van der Waals surface area contributed by atoms with Gasteiger partial charge in [-0.1, -0.05) is 92.1 Å². The highest BCUT2D eigenvalue weighted by molar-refractivity contribution is 5.26. The molecule has 0 N–H and O–H groups in total. The summed E-state index contributed by atoms with van der Waals surface area (Å²) in [5.74, 6) is 1.83. The van der Waals surface area contributed by atoms with Gasteiger partial charge in [-0.05, 0) is 61.5 Å². The summed E-state index contributed by atoms with van der Waals surface area (Å²) < 4.78 is 0. The molecule has 0 bridgehead atoms. The topological polar surface area (TPSA) is 0 Å². The monoisotopic (exact) mass is 332 g/mol. The SMILES string of the molecule is CCCCC1CC1/C(=C/CCCc1ccccc1)Cc1ccccc1. The number of unbranched alkanes of at least 4 members (excludes halogenated alkanes) is 2. The van der Waals surface area contributed by atoms with E-state index in [1.165, 1.54) is 56.1 Å². The summed E-state index contributed by atoms with van der Waals surface area (Å²) in [5, 5.41) is 0. The van der Waals surface area contributed by atoms with Crippen LogP contribution in [0.25, 0.3) is 0 Å². The molecule has 1 aliphatic rings. The van der Waals surface area contributed by atoms with Crippen LogP contribution in [-0.2, 0) is 12.8 Å². The third-order valence-corrected chi connectivity index (χ3v) is 5.50. The van der Waals surface area contributed by atoms with Crippen LogP contribution >= 0.6 is 0 Å². The summed E-state index contributed by atoms with van der Waals surface area (Å²) in [5.41, 5.74) is 4.64. The molecule has 0 amide bonds. The van der Waals surface area contributed by atoms with E-state index in [1.807, 2.05) is 0 Å². The van der Waals surface area contributed by atoms with Crippen LogP contribution < -0.4 is 0 Å². The number of benzene rings is 2. The average Bonchev–Trinajstić information content (AvgIpc) is 3.44. The van der Waals surface area contributed by atoms with Crippen LogP contribution in [0.4, 0.5) is 0 Å². The molecule has 0 heterocycles. The summed E-state index contributed by atoms with van der Waals surface area (Å²) in [4.78, 5) is 0.